The van der Waals surface area contributed by atoms with Crippen molar-refractivity contribution in [2.24, 2.45) is 5.92 Å². The van der Waals surface area contributed by atoms with Crippen molar-refractivity contribution in [3.8, 4) is 0 Å². The van der Waals surface area contributed by atoms with Crippen molar-refractivity contribution in [2.75, 3.05) is 12.8 Å². The van der Waals surface area contributed by atoms with Gasteiger partial charge in [-0.2, -0.15) is 11.8 Å². The fourth-order valence-corrected chi connectivity index (χ4v) is 4.47. The molecule has 1 aliphatic rings. The van der Waals surface area contributed by atoms with Gasteiger partial charge in [0.05, 0.1) is 0 Å². The van der Waals surface area contributed by atoms with Gasteiger partial charge in [0.2, 0.25) is 0 Å². The van der Waals surface area contributed by atoms with Gasteiger partial charge in [-0.05, 0) is 49.1 Å². The van der Waals surface area contributed by atoms with Crippen molar-refractivity contribution in [3.63, 3.8) is 0 Å². The van der Waals surface area contributed by atoms with Crippen LogP contribution >= 0.6 is 11.8 Å². The van der Waals surface area contributed by atoms with Gasteiger partial charge >= 0.3 is 0 Å². The Bertz CT molecular complexity index is 391. The van der Waals surface area contributed by atoms with Crippen LogP contribution in [0.25, 0.3) is 0 Å². The van der Waals surface area contributed by atoms with Gasteiger partial charge < -0.3 is 5.32 Å². The van der Waals surface area contributed by atoms with Crippen molar-refractivity contribution in [2.45, 2.75) is 50.8 Å². The number of fused-ring (bicyclic) bond motifs is 1. The van der Waals surface area contributed by atoms with Crippen LogP contribution in [-0.4, -0.2) is 18.1 Å². The van der Waals surface area contributed by atoms with Gasteiger partial charge in [-0.3, -0.25) is 0 Å². The quantitative estimate of drug-likeness (QED) is 0.799. The molecule has 1 nitrogen and oxygen atoms in total. The molecule has 0 aliphatic heterocycles. The third-order valence-electron chi connectivity index (χ3n) is 4.30. The first-order valence-electron chi connectivity index (χ1n) is 7.63. The molecule has 3 unspecified atom stereocenters. The van der Waals surface area contributed by atoms with Gasteiger partial charge in [0.25, 0.3) is 0 Å². The molecule has 19 heavy (non-hydrogen) atoms. The van der Waals surface area contributed by atoms with Gasteiger partial charge in [0, 0.05) is 11.3 Å². The first kappa shape index (κ1) is 14.9. The van der Waals surface area contributed by atoms with Gasteiger partial charge in [-0.25, -0.2) is 0 Å². The van der Waals surface area contributed by atoms with Crippen LogP contribution in [0.1, 0.15) is 50.3 Å². The molecule has 0 saturated heterocycles. The van der Waals surface area contributed by atoms with Crippen LogP contribution in [0.15, 0.2) is 24.3 Å². The second-order valence-corrected chi connectivity index (χ2v) is 7.01. The highest BCUT2D eigenvalue weighted by Gasteiger charge is 2.26. The maximum atomic E-state index is 3.57. The van der Waals surface area contributed by atoms with E-state index in [2.05, 4.69) is 62.2 Å². The second-order valence-electron chi connectivity index (χ2n) is 5.74. The predicted octanol–water partition coefficient (Wildman–Crippen LogP) is 4.43. The lowest BCUT2D eigenvalue weighted by atomic mass is 9.99. The number of aryl methyl sites for hydroxylation is 1. The summed E-state index contributed by atoms with van der Waals surface area (Å²) in [5, 5.41) is 4.30. The molecule has 0 amide bonds. The summed E-state index contributed by atoms with van der Waals surface area (Å²) < 4.78 is 0. The Kier molecular flexibility index (Phi) is 5.77. The molecule has 0 saturated carbocycles. The molecule has 0 aromatic heterocycles. The zero-order valence-corrected chi connectivity index (χ0v) is 13.3. The van der Waals surface area contributed by atoms with E-state index in [9.17, 15) is 0 Å². The van der Waals surface area contributed by atoms with Crippen molar-refractivity contribution in [1.82, 2.24) is 5.32 Å². The summed E-state index contributed by atoms with van der Waals surface area (Å²) in [6.45, 7) is 4.66. The molecule has 1 N–H and O–H groups in total. The fourth-order valence-electron chi connectivity index (χ4n) is 2.85. The van der Waals surface area contributed by atoms with E-state index in [0.29, 0.717) is 6.04 Å². The van der Waals surface area contributed by atoms with Crippen LogP contribution < -0.4 is 5.32 Å². The molecule has 1 aromatic rings. The van der Waals surface area contributed by atoms with E-state index in [1.54, 1.807) is 5.56 Å². The van der Waals surface area contributed by atoms with E-state index in [-0.39, 0.29) is 0 Å². The molecule has 106 valence electrons. The minimum Gasteiger partial charge on any atom is -0.312 e. The van der Waals surface area contributed by atoms with E-state index < -0.39 is 0 Å². The average molecular weight is 277 g/mol. The maximum absolute atomic E-state index is 3.57. The number of nitrogens with one attached hydrogen (secondary N) is 1. The summed E-state index contributed by atoms with van der Waals surface area (Å²) in [6.07, 6.45) is 5.20. The summed E-state index contributed by atoms with van der Waals surface area (Å²) in [6, 6.07) is 9.51. The highest BCUT2D eigenvalue weighted by molar-refractivity contribution is 7.99. The molecule has 1 aliphatic carbocycles. The van der Waals surface area contributed by atoms with E-state index >= 15 is 0 Å². The molecule has 0 spiro atoms. The molecule has 2 heteroatoms. The van der Waals surface area contributed by atoms with Gasteiger partial charge in [-0.15, -0.1) is 0 Å². The topological polar surface area (TPSA) is 12.0 Å². The standard InChI is InChI=1S/C17H27NS/c1-4-13(2)12-19-16-11-7-9-14-8-5-6-10-15(14)17(16)18-3/h5-6,8,10,13,16-18H,4,7,9,11-12H2,1-3H3. The number of hydrogen-bond acceptors (Lipinski definition) is 2. The maximum Gasteiger partial charge on any atom is 0.0440 e. The molecule has 2 rings (SSSR count). The smallest absolute Gasteiger partial charge is 0.0440 e. The van der Waals surface area contributed by atoms with Crippen LogP contribution in [0.5, 0.6) is 0 Å². The molecular weight excluding hydrogens is 250 g/mol. The molecule has 1 aromatic carbocycles. The Morgan fingerprint density at radius 3 is 2.89 bits per heavy atom. The van der Waals surface area contributed by atoms with Crippen molar-refractivity contribution in [3.05, 3.63) is 35.4 Å². The third kappa shape index (κ3) is 3.76. The number of hydrogen-bond donors (Lipinski definition) is 1. The number of benzene rings is 1. The van der Waals surface area contributed by atoms with E-state index in [0.717, 1.165) is 11.2 Å². The Balaban J connectivity index is 2.12. The van der Waals surface area contributed by atoms with E-state index in [4.69, 9.17) is 0 Å². The number of thioether (sulfide) groups is 1. The summed E-state index contributed by atoms with van der Waals surface area (Å²) in [4.78, 5) is 0. The van der Waals surface area contributed by atoms with Crippen molar-refractivity contribution >= 4 is 11.8 Å². The van der Waals surface area contributed by atoms with Gasteiger partial charge in [0.15, 0.2) is 0 Å². The summed E-state index contributed by atoms with van der Waals surface area (Å²) in [7, 11) is 2.11. The highest BCUT2D eigenvalue weighted by atomic mass is 32.2. The SMILES string of the molecule is CCC(C)CSC1CCCc2ccccc2C1NC. The normalized spacial score (nSPS) is 24.6. The first-order valence-corrected chi connectivity index (χ1v) is 8.67. The van der Waals surface area contributed by atoms with E-state index in [1.165, 1.54) is 37.0 Å². The number of rotatable bonds is 5. The summed E-state index contributed by atoms with van der Waals surface area (Å²) >= 11 is 2.18. The molecule has 0 radical (unpaired) electrons. The molecule has 0 fully saturated rings. The van der Waals surface area contributed by atoms with Crippen LogP contribution in [0.2, 0.25) is 0 Å². The van der Waals surface area contributed by atoms with Gasteiger partial charge in [-0.1, -0.05) is 44.5 Å². The Morgan fingerprint density at radius 2 is 2.16 bits per heavy atom. The zero-order valence-electron chi connectivity index (χ0n) is 12.5. The Hall–Kier alpha value is -0.470. The lowest BCUT2D eigenvalue weighted by molar-refractivity contribution is 0.544. The van der Waals surface area contributed by atoms with Gasteiger partial charge in [0.1, 0.15) is 0 Å². The van der Waals surface area contributed by atoms with Crippen LogP contribution in [0.4, 0.5) is 0 Å². The molecule has 0 bridgehead atoms. The lowest BCUT2D eigenvalue weighted by Crippen LogP contribution is -2.27. The summed E-state index contributed by atoms with van der Waals surface area (Å²) in [5.74, 6) is 2.13. The largest absolute Gasteiger partial charge is 0.312 e. The summed E-state index contributed by atoms with van der Waals surface area (Å²) in [5.41, 5.74) is 3.08. The molecule has 3 atom stereocenters. The monoisotopic (exact) mass is 277 g/mol. The molecular formula is C17H27NS. The van der Waals surface area contributed by atoms with Crippen LogP contribution in [0, 0.1) is 5.92 Å². The van der Waals surface area contributed by atoms with E-state index in [1.807, 2.05) is 0 Å². The fraction of sp³-hybridized carbons (Fsp3) is 0.647. The van der Waals surface area contributed by atoms with Crippen LogP contribution in [-0.2, 0) is 6.42 Å². The first-order chi connectivity index (χ1) is 9.26. The third-order valence-corrected chi connectivity index (χ3v) is 6.00. The minimum absolute atomic E-state index is 0.521. The average Bonchev–Trinajstić information content (AvgIpc) is 2.63. The Morgan fingerprint density at radius 1 is 1.37 bits per heavy atom. The zero-order chi connectivity index (χ0) is 13.7. The molecule has 0 heterocycles. The van der Waals surface area contributed by atoms with Crippen molar-refractivity contribution < 1.29 is 0 Å². The predicted molar refractivity (Wildman–Crippen MR) is 86.9 cm³/mol. The highest BCUT2D eigenvalue weighted by Crippen LogP contribution is 2.36. The second kappa shape index (κ2) is 7.35. The minimum atomic E-state index is 0.521. The van der Waals surface area contributed by atoms with Crippen LogP contribution in [0.3, 0.4) is 0 Å². The van der Waals surface area contributed by atoms with Crippen molar-refractivity contribution in [1.29, 1.82) is 0 Å². The lowest BCUT2D eigenvalue weighted by Gasteiger charge is -2.27. The Labute approximate surface area is 122 Å².